The molecule has 1 rings (SSSR count). The number of carbonyl (C=O) groups excluding carboxylic acids is 1. The quantitative estimate of drug-likeness (QED) is 0.826. The molecule has 0 fully saturated rings. The first-order valence-corrected chi connectivity index (χ1v) is 7.86. The molecule has 0 saturated heterocycles. The van der Waals surface area contributed by atoms with Gasteiger partial charge in [-0.2, -0.15) is 0 Å². The Morgan fingerprint density at radius 2 is 1.90 bits per heavy atom. The van der Waals surface area contributed by atoms with Crippen LogP contribution in [-0.2, 0) is 21.2 Å². The molecule has 0 radical (unpaired) electrons. The van der Waals surface area contributed by atoms with Crippen LogP contribution in [-0.4, -0.2) is 27.7 Å². The zero-order chi connectivity index (χ0) is 15.2. The first-order chi connectivity index (χ1) is 9.29. The second-order valence-corrected chi connectivity index (χ2v) is 6.42. The Balaban J connectivity index is 2.38. The molecular formula is C13H20N2O4S. The highest BCUT2D eigenvalue weighted by Crippen LogP contribution is 2.08. The molecule has 0 aliphatic rings. The van der Waals surface area contributed by atoms with Crippen LogP contribution in [0.3, 0.4) is 0 Å². The van der Waals surface area contributed by atoms with Crippen molar-refractivity contribution in [2.24, 2.45) is 11.1 Å². The average Bonchev–Trinajstić information content (AvgIpc) is 2.36. The largest absolute Gasteiger partial charge is 0.449 e. The number of carbonyl (C=O) groups is 1. The van der Waals surface area contributed by atoms with Crippen LogP contribution in [0.1, 0.15) is 19.4 Å². The number of alkyl carbamates (subject to hydrolysis) is 1. The molecule has 7 heteroatoms. The number of ether oxygens (including phenoxy) is 1. The molecule has 3 N–H and O–H groups in total. The van der Waals surface area contributed by atoms with Crippen LogP contribution in [0.25, 0.3) is 0 Å². The Morgan fingerprint density at radius 3 is 2.40 bits per heavy atom. The van der Waals surface area contributed by atoms with Crippen LogP contribution in [0, 0.1) is 5.92 Å². The van der Waals surface area contributed by atoms with Gasteiger partial charge in [0.1, 0.15) is 0 Å². The van der Waals surface area contributed by atoms with Gasteiger partial charge in [-0.1, -0.05) is 26.0 Å². The number of rotatable bonds is 6. The molecule has 0 spiro atoms. The number of nitrogens with one attached hydrogen (secondary N) is 1. The fourth-order valence-corrected chi connectivity index (χ4v) is 1.96. The minimum absolute atomic E-state index is 0.0746. The number of nitrogens with two attached hydrogens (primary N) is 1. The van der Waals surface area contributed by atoms with Gasteiger partial charge in [-0.15, -0.1) is 0 Å². The van der Waals surface area contributed by atoms with Gasteiger partial charge < -0.3 is 10.1 Å². The molecule has 0 aliphatic carbocycles. The lowest BCUT2D eigenvalue weighted by atomic mass is 10.1. The number of hydrogen-bond donors (Lipinski definition) is 2. The third kappa shape index (κ3) is 6.03. The van der Waals surface area contributed by atoms with E-state index >= 15 is 0 Å². The van der Waals surface area contributed by atoms with Crippen LogP contribution in [0.5, 0.6) is 0 Å². The highest BCUT2D eigenvalue weighted by Gasteiger charge is 2.07. The SMILES string of the molecule is CC(C)COC(=O)NCCc1ccc(S(N)(=O)=O)cc1. The van der Waals surface area contributed by atoms with E-state index in [1.54, 1.807) is 12.1 Å². The molecule has 0 unspecified atom stereocenters. The molecule has 6 nitrogen and oxygen atoms in total. The lowest BCUT2D eigenvalue weighted by Crippen LogP contribution is -2.27. The third-order valence-corrected chi connectivity index (χ3v) is 3.41. The van der Waals surface area contributed by atoms with Crippen molar-refractivity contribution in [2.75, 3.05) is 13.2 Å². The summed E-state index contributed by atoms with van der Waals surface area (Å²) in [6, 6.07) is 6.23. The van der Waals surface area contributed by atoms with E-state index in [0.717, 1.165) is 5.56 Å². The number of primary sulfonamides is 1. The molecule has 0 aromatic heterocycles. The Hall–Kier alpha value is -1.60. The van der Waals surface area contributed by atoms with Gasteiger partial charge in [-0.25, -0.2) is 18.4 Å². The van der Waals surface area contributed by atoms with Gasteiger partial charge in [0.05, 0.1) is 11.5 Å². The number of sulfonamides is 1. The fourth-order valence-electron chi connectivity index (χ4n) is 1.45. The van der Waals surface area contributed by atoms with Crippen LogP contribution in [0.4, 0.5) is 4.79 Å². The van der Waals surface area contributed by atoms with E-state index in [-0.39, 0.29) is 4.90 Å². The van der Waals surface area contributed by atoms with Crippen molar-refractivity contribution in [2.45, 2.75) is 25.2 Å². The Morgan fingerprint density at radius 1 is 1.30 bits per heavy atom. The molecule has 0 heterocycles. The Kier molecular flexibility index (Phi) is 5.97. The minimum atomic E-state index is -3.66. The van der Waals surface area contributed by atoms with Crippen molar-refractivity contribution in [3.8, 4) is 0 Å². The molecule has 1 aromatic rings. The summed E-state index contributed by atoms with van der Waals surface area (Å²) in [5, 5.41) is 7.63. The summed E-state index contributed by atoms with van der Waals surface area (Å²) in [7, 11) is -3.66. The minimum Gasteiger partial charge on any atom is -0.449 e. The van der Waals surface area contributed by atoms with E-state index < -0.39 is 16.1 Å². The number of benzene rings is 1. The Bertz CT molecular complexity index is 538. The normalized spacial score (nSPS) is 11.4. The summed E-state index contributed by atoms with van der Waals surface area (Å²) < 4.78 is 27.1. The summed E-state index contributed by atoms with van der Waals surface area (Å²) >= 11 is 0. The first kappa shape index (κ1) is 16.5. The monoisotopic (exact) mass is 300 g/mol. The number of amides is 1. The van der Waals surface area contributed by atoms with E-state index in [0.29, 0.717) is 25.5 Å². The first-order valence-electron chi connectivity index (χ1n) is 6.31. The van der Waals surface area contributed by atoms with Gasteiger partial charge in [0, 0.05) is 6.54 Å². The van der Waals surface area contributed by atoms with E-state index in [2.05, 4.69) is 5.32 Å². The predicted octanol–water partition coefficient (Wildman–Crippen LogP) is 1.26. The van der Waals surface area contributed by atoms with Gasteiger partial charge in [-0.05, 0) is 30.0 Å². The molecule has 20 heavy (non-hydrogen) atoms. The fraction of sp³-hybridized carbons (Fsp3) is 0.462. The van der Waals surface area contributed by atoms with Crippen LogP contribution >= 0.6 is 0 Å². The predicted molar refractivity (Wildman–Crippen MR) is 75.7 cm³/mol. The molecule has 1 amide bonds. The van der Waals surface area contributed by atoms with Crippen LogP contribution in [0.15, 0.2) is 29.2 Å². The second kappa shape index (κ2) is 7.25. The second-order valence-electron chi connectivity index (χ2n) is 4.86. The zero-order valence-electron chi connectivity index (χ0n) is 11.6. The van der Waals surface area contributed by atoms with Crippen molar-refractivity contribution in [1.29, 1.82) is 0 Å². The van der Waals surface area contributed by atoms with E-state index in [4.69, 9.17) is 9.88 Å². The molecule has 0 aliphatic heterocycles. The smallest absolute Gasteiger partial charge is 0.407 e. The van der Waals surface area contributed by atoms with Crippen molar-refractivity contribution < 1.29 is 17.9 Å². The lowest BCUT2D eigenvalue weighted by Gasteiger charge is -2.08. The van der Waals surface area contributed by atoms with Gasteiger partial charge in [0.2, 0.25) is 10.0 Å². The molecular weight excluding hydrogens is 280 g/mol. The summed E-state index contributed by atoms with van der Waals surface area (Å²) in [5.74, 6) is 0.298. The highest BCUT2D eigenvalue weighted by atomic mass is 32.2. The zero-order valence-corrected chi connectivity index (χ0v) is 12.4. The molecule has 0 bridgehead atoms. The van der Waals surface area contributed by atoms with Crippen LogP contribution < -0.4 is 10.5 Å². The summed E-state index contributed by atoms with van der Waals surface area (Å²) in [4.78, 5) is 11.4. The number of hydrogen-bond acceptors (Lipinski definition) is 4. The summed E-state index contributed by atoms with van der Waals surface area (Å²) in [5.41, 5.74) is 0.904. The van der Waals surface area contributed by atoms with Crippen molar-refractivity contribution >= 4 is 16.1 Å². The third-order valence-electron chi connectivity index (χ3n) is 2.48. The highest BCUT2D eigenvalue weighted by molar-refractivity contribution is 7.89. The van der Waals surface area contributed by atoms with E-state index in [1.165, 1.54) is 12.1 Å². The molecule has 1 aromatic carbocycles. The van der Waals surface area contributed by atoms with Crippen molar-refractivity contribution in [1.82, 2.24) is 5.32 Å². The maximum absolute atomic E-state index is 11.3. The maximum Gasteiger partial charge on any atom is 0.407 e. The van der Waals surface area contributed by atoms with E-state index in [9.17, 15) is 13.2 Å². The standard InChI is InChI=1S/C13H20N2O4S/c1-10(2)9-19-13(16)15-8-7-11-3-5-12(6-4-11)20(14,17)18/h3-6,10H,7-9H2,1-2H3,(H,15,16)(H2,14,17,18). The Labute approximate surface area is 119 Å². The topological polar surface area (TPSA) is 98.5 Å². The van der Waals surface area contributed by atoms with Gasteiger partial charge in [-0.3, -0.25) is 0 Å². The molecule has 0 saturated carbocycles. The van der Waals surface area contributed by atoms with Gasteiger partial charge in [0.15, 0.2) is 0 Å². The van der Waals surface area contributed by atoms with Crippen molar-refractivity contribution in [3.63, 3.8) is 0 Å². The van der Waals surface area contributed by atoms with Crippen molar-refractivity contribution in [3.05, 3.63) is 29.8 Å². The van der Waals surface area contributed by atoms with E-state index in [1.807, 2.05) is 13.8 Å². The lowest BCUT2D eigenvalue weighted by molar-refractivity contribution is 0.133. The average molecular weight is 300 g/mol. The maximum atomic E-state index is 11.3. The van der Waals surface area contributed by atoms with Crippen LogP contribution in [0.2, 0.25) is 0 Å². The molecule has 112 valence electrons. The molecule has 0 atom stereocenters. The summed E-state index contributed by atoms with van der Waals surface area (Å²) in [6.07, 6.45) is 0.140. The van der Waals surface area contributed by atoms with Gasteiger partial charge >= 0.3 is 6.09 Å². The van der Waals surface area contributed by atoms with Gasteiger partial charge in [0.25, 0.3) is 0 Å². The summed E-state index contributed by atoms with van der Waals surface area (Å²) in [6.45, 7) is 4.72.